The van der Waals surface area contributed by atoms with Gasteiger partial charge in [-0.2, -0.15) is 0 Å². The molecular formula is C20H19N5OS2. The summed E-state index contributed by atoms with van der Waals surface area (Å²) in [6.07, 6.45) is 2.35. The molecular weight excluding hydrogens is 390 g/mol. The van der Waals surface area contributed by atoms with Crippen molar-refractivity contribution in [1.29, 1.82) is 0 Å². The monoisotopic (exact) mass is 409 g/mol. The fourth-order valence-corrected chi connectivity index (χ4v) is 4.67. The highest BCUT2D eigenvalue weighted by molar-refractivity contribution is 7.99. The molecule has 0 bridgehead atoms. The highest BCUT2D eigenvalue weighted by Gasteiger charge is 2.31. The van der Waals surface area contributed by atoms with Gasteiger partial charge in [0.05, 0.1) is 10.1 Å². The lowest BCUT2D eigenvalue weighted by Crippen LogP contribution is -2.00. The topological polar surface area (TPSA) is 69.6 Å². The Labute approximate surface area is 171 Å². The van der Waals surface area contributed by atoms with Crippen LogP contribution >= 0.6 is 23.1 Å². The standard InChI is InChI=1S/C20H19N5OS2/c1-12-5-7-14(8-6-12)19-23-22-18(26-19)13(2)28-20-24-21-17(16-4-3-11-27-16)25(20)15-9-10-15/h3-8,11,13,15H,9-10H2,1-2H3/t13-/m0/s1. The van der Waals surface area contributed by atoms with E-state index in [1.165, 1.54) is 18.4 Å². The second-order valence-electron chi connectivity index (χ2n) is 6.96. The molecule has 0 saturated heterocycles. The Balaban J connectivity index is 1.39. The fraction of sp³-hybridized carbons (Fsp3) is 0.300. The van der Waals surface area contributed by atoms with E-state index in [4.69, 9.17) is 4.42 Å². The summed E-state index contributed by atoms with van der Waals surface area (Å²) < 4.78 is 8.21. The Morgan fingerprint density at radius 1 is 1.11 bits per heavy atom. The minimum atomic E-state index is -0.00964. The lowest BCUT2D eigenvalue weighted by Gasteiger charge is -2.10. The van der Waals surface area contributed by atoms with E-state index in [-0.39, 0.29) is 5.25 Å². The van der Waals surface area contributed by atoms with Crippen LogP contribution in [-0.2, 0) is 0 Å². The Morgan fingerprint density at radius 2 is 1.93 bits per heavy atom. The summed E-state index contributed by atoms with van der Waals surface area (Å²) in [5.41, 5.74) is 2.14. The largest absolute Gasteiger partial charge is 0.419 e. The van der Waals surface area contributed by atoms with Gasteiger partial charge in [-0.05, 0) is 50.3 Å². The van der Waals surface area contributed by atoms with Gasteiger partial charge in [-0.15, -0.1) is 31.7 Å². The third-order valence-corrected chi connectivity index (χ3v) is 6.60. The summed E-state index contributed by atoms with van der Waals surface area (Å²) in [5.74, 6) is 2.10. The summed E-state index contributed by atoms with van der Waals surface area (Å²) in [6, 6.07) is 12.7. The second-order valence-corrected chi connectivity index (χ2v) is 9.21. The van der Waals surface area contributed by atoms with Crippen molar-refractivity contribution in [1.82, 2.24) is 25.0 Å². The SMILES string of the molecule is Cc1ccc(-c2nnc([C@H](C)Sc3nnc(-c4cccs4)n3C3CC3)o2)cc1. The van der Waals surface area contributed by atoms with Crippen LogP contribution in [-0.4, -0.2) is 25.0 Å². The van der Waals surface area contributed by atoms with Crippen LogP contribution < -0.4 is 0 Å². The molecule has 1 saturated carbocycles. The van der Waals surface area contributed by atoms with Gasteiger partial charge in [0.1, 0.15) is 0 Å². The first-order chi connectivity index (χ1) is 13.7. The highest BCUT2D eigenvalue weighted by Crippen LogP contribution is 2.44. The zero-order valence-corrected chi connectivity index (χ0v) is 17.2. The van der Waals surface area contributed by atoms with Crippen LogP contribution in [0.3, 0.4) is 0 Å². The van der Waals surface area contributed by atoms with E-state index in [0.29, 0.717) is 17.8 Å². The van der Waals surface area contributed by atoms with Crippen LogP contribution in [0.2, 0.25) is 0 Å². The number of benzene rings is 1. The molecule has 28 heavy (non-hydrogen) atoms. The first-order valence-corrected chi connectivity index (χ1v) is 11.0. The second kappa shape index (κ2) is 7.18. The molecule has 1 fully saturated rings. The normalized spacial score (nSPS) is 15.1. The zero-order valence-electron chi connectivity index (χ0n) is 15.6. The molecule has 0 unspecified atom stereocenters. The van der Waals surface area contributed by atoms with Crippen molar-refractivity contribution in [2.24, 2.45) is 0 Å². The Bertz CT molecular complexity index is 1080. The van der Waals surface area contributed by atoms with E-state index in [2.05, 4.69) is 50.3 Å². The van der Waals surface area contributed by atoms with E-state index in [1.807, 2.05) is 30.3 Å². The van der Waals surface area contributed by atoms with E-state index >= 15 is 0 Å². The lowest BCUT2D eigenvalue weighted by atomic mass is 10.1. The number of rotatable bonds is 6. The summed E-state index contributed by atoms with van der Waals surface area (Å²) in [5, 5.41) is 20.4. The van der Waals surface area contributed by atoms with Gasteiger partial charge in [0, 0.05) is 11.6 Å². The van der Waals surface area contributed by atoms with Crippen LogP contribution in [0.25, 0.3) is 22.2 Å². The molecule has 3 aromatic heterocycles. The van der Waals surface area contributed by atoms with Gasteiger partial charge in [-0.25, -0.2) is 0 Å². The molecule has 0 N–H and O–H groups in total. The number of thioether (sulfide) groups is 1. The van der Waals surface area contributed by atoms with Crippen molar-refractivity contribution in [3.05, 3.63) is 53.2 Å². The molecule has 1 aliphatic rings. The molecule has 0 aliphatic heterocycles. The first kappa shape index (κ1) is 17.6. The third kappa shape index (κ3) is 3.38. The van der Waals surface area contributed by atoms with Crippen LogP contribution in [0.5, 0.6) is 0 Å². The maximum atomic E-state index is 5.94. The average molecular weight is 410 g/mol. The fourth-order valence-electron chi connectivity index (χ4n) is 3.01. The maximum Gasteiger partial charge on any atom is 0.247 e. The summed E-state index contributed by atoms with van der Waals surface area (Å²) in [4.78, 5) is 1.15. The van der Waals surface area contributed by atoms with Crippen molar-refractivity contribution in [3.8, 4) is 22.2 Å². The zero-order chi connectivity index (χ0) is 19.1. The van der Waals surface area contributed by atoms with Crippen molar-refractivity contribution in [3.63, 3.8) is 0 Å². The Morgan fingerprint density at radius 3 is 2.64 bits per heavy atom. The van der Waals surface area contributed by atoms with Crippen LogP contribution in [0.15, 0.2) is 51.4 Å². The number of hydrogen-bond acceptors (Lipinski definition) is 7. The summed E-state index contributed by atoms with van der Waals surface area (Å²) in [6.45, 7) is 4.12. The molecule has 6 nitrogen and oxygen atoms in total. The minimum Gasteiger partial charge on any atom is -0.419 e. The Hall–Kier alpha value is -2.45. The van der Waals surface area contributed by atoms with Crippen molar-refractivity contribution < 1.29 is 4.42 Å². The number of thiophene rings is 1. The molecule has 0 amide bonds. The number of nitrogens with zero attached hydrogens (tertiary/aromatic N) is 5. The lowest BCUT2D eigenvalue weighted by molar-refractivity contribution is 0.508. The predicted molar refractivity (Wildman–Crippen MR) is 110 cm³/mol. The van der Waals surface area contributed by atoms with Crippen molar-refractivity contribution >= 4 is 23.1 Å². The van der Waals surface area contributed by atoms with Crippen LogP contribution in [0.4, 0.5) is 0 Å². The smallest absolute Gasteiger partial charge is 0.247 e. The quantitative estimate of drug-likeness (QED) is 0.389. The number of aryl methyl sites for hydroxylation is 1. The van der Waals surface area contributed by atoms with Gasteiger partial charge in [-0.1, -0.05) is 35.5 Å². The Kier molecular flexibility index (Phi) is 4.52. The summed E-state index contributed by atoms with van der Waals surface area (Å²) >= 11 is 3.31. The third-order valence-electron chi connectivity index (χ3n) is 4.69. The van der Waals surface area contributed by atoms with Crippen LogP contribution in [0, 0.1) is 6.92 Å². The average Bonchev–Trinajstić information content (AvgIpc) is 3.12. The molecule has 0 radical (unpaired) electrons. The van der Waals surface area contributed by atoms with Gasteiger partial charge in [0.2, 0.25) is 11.8 Å². The van der Waals surface area contributed by atoms with Gasteiger partial charge < -0.3 is 4.42 Å². The molecule has 4 aromatic rings. The van der Waals surface area contributed by atoms with E-state index in [0.717, 1.165) is 21.4 Å². The van der Waals surface area contributed by atoms with Gasteiger partial charge in [0.25, 0.3) is 0 Å². The van der Waals surface area contributed by atoms with E-state index < -0.39 is 0 Å². The summed E-state index contributed by atoms with van der Waals surface area (Å²) in [7, 11) is 0. The maximum absolute atomic E-state index is 5.94. The van der Waals surface area contributed by atoms with Crippen LogP contribution in [0.1, 0.15) is 42.5 Å². The van der Waals surface area contributed by atoms with Crippen molar-refractivity contribution in [2.75, 3.05) is 0 Å². The molecule has 142 valence electrons. The molecule has 8 heteroatoms. The minimum absolute atomic E-state index is 0.00964. The first-order valence-electron chi connectivity index (χ1n) is 9.25. The van der Waals surface area contributed by atoms with Crippen molar-refractivity contribution in [2.45, 2.75) is 43.1 Å². The van der Waals surface area contributed by atoms with E-state index in [9.17, 15) is 0 Å². The highest BCUT2D eigenvalue weighted by atomic mass is 32.2. The van der Waals surface area contributed by atoms with E-state index in [1.54, 1.807) is 23.1 Å². The van der Waals surface area contributed by atoms with Gasteiger partial charge in [-0.3, -0.25) is 4.57 Å². The van der Waals surface area contributed by atoms with Gasteiger partial charge in [0.15, 0.2) is 11.0 Å². The van der Waals surface area contributed by atoms with Gasteiger partial charge >= 0.3 is 0 Å². The molecule has 3 heterocycles. The number of aromatic nitrogens is 5. The molecule has 1 aliphatic carbocycles. The number of hydrogen-bond donors (Lipinski definition) is 0. The molecule has 1 atom stereocenters. The molecule has 5 rings (SSSR count). The molecule has 1 aromatic carbocycles. The predicted octanol–water partition coefficient (Wildman–Crippen LogP) is 5.55. The molecule has 0 spiro atoms.